The van der Waals surface area contributed by atoms with E-state index in [0.29, 0.717) is 23.7 Å². The molecular weight excluding hydrogens is 446 g/mol. The van der Waals surface area contributed by atoms with E-state index in [1.807, 2.05) is 24.3 Å². The number of hydrogen-bond acceptors (Lipinski definition) is 7. The summed E-state index contributed by atoms with van der Waals surface area (Å²) in [6, 6.07) is 14.3. The fraction of sp³-hybridized carbons (Fsp3) is 0.280. The molecule has 0 bridgehead atoms. The molecule has 6 N–H and O–H groups in total. The summed E-state index contributed by atoms with van der Waals surface area (Å²) in [7, 11) is 1.59. The van der Waals surface area contributed by atoms with Crippen LogP contribution in [0, 0.1) is 0 Å². The van der Waals surface area contributed by atoms with E-state index in [9.17, 15) is 9.59 Å². The van der Waals surface area contributed by atoms with Crippen LogP contribution in [0.2, 0.25) is 0 Å². The third-order valence-electron chi connectivity index (χ3n) is 5.67. The first-order valence-electron chi connectivity index (χ1n) is 11.4. The molecule has 182 valence electrons. The average molecular weight is 476 g/mol. The molecule has 0 saturated carbocycles. The van der Waals surface area contributed by atoms with Crippen LogP contribution in [0.4, 0.5) is 16.3 Å². The molecule has 0 spiro atoms. The van der Waals surface area contributed by atoms with Gasteiger partial charge in [0.25, 0.3) is 5.91 Å². The molecular formula is C25H29N7O3. The van der Waals surface area contributed by atoms with Crippen LogP contribution in [0.1, 0.15) is 28.9 Å². The Kier molecular flexibility index (Phi) is 7.74. The first-order chi connectivity index (χ1) is 17.0. The van der Waals surface area contributed by atoms with Gasteiger partial charge in [-0.2, -0.15) is 0 Å². The number of rotatable bonds is 7. The highest BCUT2D eigenvalue weighted by Gasteiger charge is 2.20. The van der Waals surface area contributed by atoms with Gasteiger partial charge in [-0.25, -0.2) is 14.8 Å². The number of amides is 3. The highest BCUT2D eigenvalue weighted by Crippen LogP contribution is 2.20. The first-order valence-corrected chi connectivity index (χ1v) is 11.4. The number of hydrogen-bond donors (Lipinski definition) is 5. The van der Waals surface area contributed by atoms with E-state index in [-0.39, 0.29) is 29.5 Å². The number of nitrogen functional groups attached to an aromatic ring is 1. The largest absolute Gasteiger partial charge is 0.497 e. The summed E-state index contributed by atoms with van der Waals surface area (Å²) in [5.74, 6) is 0.465. The molecule has 1 atom stereocenters. The Morgan fingerprint density at radius 2 is 2.03 bits per heavy atom. The average Bonchev–Trinajstić information content (AvgIpc) is 2.89. The van der Waals surface area contributed by atoms with Gasteiger partial charge in [-0.1, -0.05) is 18.2 Å². The molecule has 4 rings (SSSR count). The summed E-state index contributed by atoms with van der Waals surface area (Å²) in [4.78, 5) is 33.7. The van der Waals surface area contributed by atoms with Gasteiger partial charge in [-0.15, -0.1) is 0 Å². The number of carbonyl (C=O) groups is 2. The van der Waals surface area contributed by atoms with E-state index in [1.54, 1.807) is 31.4 Å². The summed E-state index contributed by atoms with van der Waals surface area (Å²) < 4.78 is 5.12. The summed E-state index contributed by atoms with van der Waals surface area (Å²) in [6.07, 6.45) is 3.45. The second-order valence-electron chi connectivity index (χ2n) is 8.24. The number of piperidine rings is 1. The lowest BCUT2D eigenvalue weighted by molar-refractivity contribution is 0.0926. The molecule has 10 heteroatoms. The molecule has 10 nitrogen and oxygen atoms in total. The highest BCUT2D eigenvalue weighted by atomic mass is 16.5. The van der Waals surface area contributed by atoms with Crippen LogP contribution in [0.15, 0.2) is 54.7 Å². The maximum absolute atomic E-state index is 12.8. The Bertz CT molecular complexity index is 1180. The summed E-state index contributed by atoms with van der Waals surface area (Å²) >= 11 is 0. The van der Waals surface area contributed by atoms with Crippen LogP contribution in [-0.4, -0.2) is 48.1 Å². The maximum atomic E-state index is 12.8. The normalized spacial score (nSPS) is 15.2. The minimum absolute atomic E-state index is 0.0413. The number of urea groups is 1. The Labute approximate surface area is 203 Å². The molecule has 2 aromatic carbocycles. The molecule has 1 aliphatic heterocycles. The monoisotopic (exact) mass is 475 g/mol. The quantitative estimate of drug-likeness (QED) is 0.353. The van der Waals surface area contributed by atoms with Crippen molar-refractivity contribution in [2.75, 3.05) is 31.2 Å². The zero-order valence-corrected chi connectivity index (χ0v) is 19.5. The zero-order valence-electron chi connectivity index (χ0n) is 19.5. The molecule has 1 unspecified atom stereocenters. The summed E-state index contributed by atoms with van der Waals surface area (Å²) in [5.41, 5.74) is 8.87. The Morgan fingerprint density at radius 1 is 1.20 bits per heavy atom. The van der Waals surface area contributed by atoms with Crippen LogP contribution < -0.4 is 31.7 Å². The molecule has 1 saturated heterocycles. The molecule has 1 fully saturated rings. The van der Waals surface area contributed by atoms with Gasteiger partial charge in [0.2, 0.25) is 0 Å². The molecule has 0 radical (unpaired) electrons. The predicted octanol–water partition coefficient (Wildman–Crippen LogP) is 2.54. The molecule has 3 aromatic rings. The van der Waals surface area contributed by atoms with Crippen molar-refractivity contribution >= 4 is 23.4 Å². The molecule has 35 heavy (non-hydrogen) atoms. The smallest absolute Gasteiger partial charge is 0.319 e. The third kappa shape index (κ3) is 6.45. The molecule has 2 heterocycles. The lowest BCUT2D eigenvalue weighted by Gasteiger charge is -2.23. The summed E-state index contributed by atoms with van der Waals surface area (Å²) in [6.45, 7) is 1.98. The number of benzene rings is 2. The SMILES string of the molecule is COc1ccc(NC(=O)NCc2cccc(-c3cnc(N)c(C(=O)NC4CCCNC4)n3)c2)cc1. The van der Waals surface area contributed by atoms with Gasteiger partial charge in [-0.05, 0) is 55.3 Å². The van der Waals surface area contributed by atoms with Crippen molar-refractivity contribution in [3.05, 3.63) is 66.0 Å². The van der Waals surface area contributed by atoms with Gasteiger partial charge in [0.1, 0.15) is 5.75 Å². The Balaban J connectivity index is 1.40. The topological polar surface area (TPSA) is 143 Å². The third-order valence-corrected chi connectivity index (χ3v) is 5.67. The number of anilines is 2. The Morgan fingerprint density at radius 3 is 2.77 bits per heavy atom. The van der Waals surface area contributed by atoms with Gasteiger partial charge in [0.15, 0.2) is 11.5 Å². The second-order valence-corrected chi connectivity index (χ2v) is 8.24. The lowest BCUT2D eigenvalue weighted by Crippen LogP contribution is -2.46. The fourth-order valence-corrected chi connectivity index (χ4v) is 3.81. The number of ether oxygens (including phenoxy) is 1. The minimum Gasteiger partial charge on any atom is -0.497 e. The van der Waals surface area contributed by atoms with Gasteiger partial charge < -0.3 is 31.7 Å². The zero-order chi connectivity index (χ0) is 24.6. The van der Waals surface area contributed by atoms with E-state index >= 15 is 0 Å². The molecule has 1 aliphatic rings. The van der Waals surface area contributed by atoms with Gasteiger partial charge in [-0.3, -0.25) is 4.79 Å². The molecule has 0 aliphatic carbocycles. The van der Waals surface area contributed by atoms with E-state index in [4.69, 9.17) is 10.5 Å². The second kappa shape index (κ2) is 11.3. The number of methoxy groups -OCH3 is 1. The van der Waals surface area contributed by atoms with E-state index in [2.05, 4.69) is 31.2 Å². The van der Waals surface area contributed by atoms with Crippen molar-refractivity contribution in [2.24, 2.45) is 0 Å². The molecule has 1 aromatic heterocycles. The number of aromatic nitrogens is 2. The number of nitrogens with one attached hydrogen (secondary N) is 4. The lowest BCUT2D eigenvalue weighted by atomic mass is 10.1. The van der Waals surface area contributed by atoms with Crippen LogP contribution in [0.25, 0.3) is 11.3 Å². The van der Waals surface area contributed by atoms with Crippen LogP contribution in [-0.2, 0) is 6.54 Å². The van der Waals surface area contributed by atoms with Crippen molar-refractivity contribution in [1.82, 2.24) is 25.9 Å². The first kappa shape index (κ1) is 24.0. The van der Waals surface area contributed by atoms with Crippen LogP contribution in [0.3, 0.4) is 0 Å². The molecule has 3 amide bonds. The van der Waals surface area contributed by atoms with Gasteiger partial charge >= 0.3 is 6.03 Å². The van der Waals surface area contributed by atoms with E-state index in [1.165, 1.54) is 6.20 Å². The minimum atomic E-state index is -0.335. The van der Waals surface area contributed by atoms with E-state index < -0.39 is 0 Å². The van der Waals surface area contributed by atoms with Gasteiger partial charge in [0, 0.05) is 30.4 Å². The van der Waals surface area contributed by atoms with Gasteiger partial charge in [0.05, 0.1) is 19.0 Å². The Hall–Kier alpha value is -4.18. The van der Waals surface area contributed by atoms with Crippen molar-refractivity contribution in [2.45, 2.75) is 25.4 Å². The van der Waals surface area contributed by atoms with E-state index in [0.717, 1.165) is 37.1 Å². The summed E-state index contributed by atoms with van der Waals surface area (Å²) in [5, 5.41) is 11.9. The van der Waals surface area contributed by atoms with Crippen LogP contribution >= 0.6 is 0 Å². The maximum Gasteiger partial charge on any atom is 0.319 e. The number of nitrogens with zero attached hydrogens (tertiary/aromatic N) is 2. The van der Waals surface area contributed by atoms with Crippen molar-refractivity contribution in [3.8, 4) is 17.0 Å². The van der Waals surface area contributed by atoms with Crippen molar-refractivity contribution in [3.63, 3.8) is 0 Å². The van der Waals surface area contributed by atoms with Crippen molar-refractivity contribution < 1.29 is 14.3 Å². The van der Waals surface area contributed by atoms with Crippen molar-refractivity contribution in [1.29, 1.82) is 0 Å². The van der Waals surface area contributed by atoms with Crippen LogP contribution in [0.5, 0.6) is 5.75 Å². The highest BCUT2D eigenvalue weighted by molar-refractivity contribution is 5.97. The fourth-order valence-electron chi connectivity index (χ4n) is 3.81. The predicted molar refractivity (Wildman–Crippen MR) is 134 cm³/mol. The standard InChI is InChI=1S/C25H29N7O3/c1-35-20-9-7-18(8-10-20)31-25(34)29-13-16-4-2-5-17(12-16)21-15-28-23(26)22(32-21)24(33)30-19-6-3-11-27-14-19/h2,4-5,7-10,12,15,19,27H,3,6,11,13-14H2,1H3,(H2,26,28)(H,30,33)(H2,29,31,34). The number of carbonyl (C=O) groups excluding carboxylic acids is 2. The number of nitrogens with two attached hydrogens (primary N) is 1.